The second-order valence-electron chi connectivity index (χ2n) is 5.93. The van der Waals surface area contributed by atoms with E-state index in [0.717, 1.165) is 25.6 Å². The molecule has 2 unspecified atom stereocenters. The van der Waals surface area contributed by atoms with Crippen molar-refractivity contribution in [1.29, 1.82) is 0 Å². The van der Waals surface area contributed by atoms with Gasteiger partial charge in [0.2, 0.25) is 5.91 Å². The van der Waals surface area contributed by atoms with E-state index in [-0.39, 0.29) is 11.9 Å². The molecule has 6 heteroatoms. The maximum atomic E-state index is 12.1. The molecule has 1 aliphatic heterocycles. The van der Waals surface area contributed by atoms with Crippen LogP contribution < -0.4 is 16.0 Å². The van der Waals surface area contributed by atoms with Gasteiger partial charge in [-0.15, -0.1) is 0 Å². The number of urea groups is 1. The van der Waals surface area contributed by atoms with Gasteiger partial charge in [0.1, 0.15) is 0 Å². The van der Waals surface area contributed by atoms with E-state index in [4.69, 9.17) is 0 Å². The zero-order valence-electron chi connectivity index (χ0n) is 12.4. The van der Waals surface area contributed by atoms with Gasteiger partial charge in [-0.3, -0.25) is 15.0 Å². The van der Waals surface area contributed by atoms with Crippen molar-refractivity contribution >= 4 is 11.9 Å². The quantitative estimate of drug-likeness (QED) is 0.655. The van der Waals surface area contributed by atoms with E-state index in [9.17, 15) is 9.59 Å². The van der Waals surface area contributed by atoms with Gasteiger partial charge in [0.05, 0.1) is 6.04 Å². The van der Waals surface area contributed by atoms with Gasteiger partial charge in [-0.25, -0.2) is 4.79 Å². The van der Waals surface area contributed by atoms with Crippen LogP contribution in [-0.2, 0) is 4.79 Å². The predicted molar refractivity (Wildman–Crippen MR) is 77.4 cm³/mol. The molecular formula is C14H26N4O2. The standard InChI is InChI=1S/C14H26N4O2/c1-10(13(19)17-14(20)15-2)18(8-11-5-6-11)9-12-4-3-7-16-12/h10-12,16H,3-9H2,1-2H3,(H2,15,17,19,20). The van der Waals surface area contributed by atoms with Crippen molar-refractivity contribution in [1.82, 2.24) is 20.9 Å². The largest absolute Gasteiger partial charge is 0.341 e. The van der Waals surface area contributed by atoms with Crippen LogP contribution in [-0.4, -0.2) is 55.6 Å². The molecule has 1 heterocycles. The molecule has 3 N–H and O–H groups in total. The minimum Gasteiger partial charge on any atom is -0.341 e. The molecule has 2 aliphatic rings. The summed E-state index contributed by atoms with van der Waals surface area (Å²) in [4.78, 5) is 25.6. The lowest BCUT2D eigenvalue weighted by Gasteiger charge is -2.30. The summed E-state index contributed by atoms with van der Waals surface area (Å²) in [5, 5.41) is 8.27. The molecule has 0 aromatic carbocycles. The summed E-state index contributed by atoms with van der Waals surface area (Å²) in [6.45, 7) is 4.80. The Morgan fingerprint density at radius 2 is 2.05 bits per heavy atom. The fourth-order valence-corrected chi connectivity index (χ4v) is 2.66. The number of amides is 3. The summed E-state index contributed by atoms with van der Waals surface area (Å²) in [5.41, 5.74) is 0. The zero-order valence-corrected chi connectivity index (χ0v) is 12.4. The van der Waals surface area contributed by atoms with Gasteiger partial charge in [0, 0.05) is 26.2 Å². The van der Waals surface area contributed by atoms with Gasteiger partial charge >= 0.3 is 6.03 Å². The minimum absolute atomic E-state index is 0.219. The molecule has 0 radical (unpaired) electrons. The summed E-state index contributed by atoms with van der Waals surface area (Å²) >= 11 is 0. The van der Waals surface area contributed by atoms with Crippen LogP contribution in [0.4, 0.5) is 4.79 Å². The van der Waals surface area contributed by atoms with Crippen LogP contribution in [0.5, 0.6) is 0 Å². The van der Waals surface area contributed by atoms with Crippen molar-refractivity contribution in [3.63, 3.8) is 0 Å². The van der Waals surface area contributed by atoms with E-state index in [1.54, 1.807) is 0 Å². The molecule has 2 rings (SSSR count). The second-order valence-corrected chi connectivity index (χ2v) is 5.93. The van der Waals surface area contributed by atoms with E-state index in [2.05, 4.69) is 20.9 Å². The molecule has 6 nitrogen and oxygen atoms in total. The van der Waals surface area contributed by atoms with Gasteiger partial charge in [-0.05, 0) is 45.1 Å². The first-order valence-electron chi connectivity index (χ1n) is 7.60. The van der Waals surface area contributed by atoms with Crippen LogP contribution in [0.3, 0.4) is 0 Å². The lowest BCUT2D eigenvalue weighted by Crippen LogP contribution is -2.52. The normalized spacial score (nSPS) is 23.6. The van der Waals surface area contributed by atoms with E-state index in [1.165, 1.54) is 32.7 Å². The average molecular weight is 282 g/mol. The highest BCUT2D eigenvalue weighted by molar-refractivity contribution is 5.96. The Morgan fingerprint density at radius 1 is 1.30 bits per heavy atom. The van der Waals surface area contributed by atoms with Crippen molar-refractivity contribution in [2.75, 3.05) is 26.7 Å². The lowest BCUT2D eigenvalue weighted by atomic mass is 10.1. The third kappa shape index (κ3) is 4.45. The molecule has 2 fully saturated rings. The molecule has 1 saturated heterocycles. The number of nitrogens with one attached hydrogen (secondary N) is 3. The highest BCUT2D eigenvalue weighted by Gasteiger charge is 2.31. The number of hydrogen-bond acceptors (Lipinski definition) is 4. The number of imide groups is 1. The molecule has 1 saturated carbocycles. The van der Waals surface area contributed by atoms with Crippen LogP contribution in [0.25, 0.3) is 0 Å². The SMILES string of the molecule is CNC(=O)NC(=O)C(C)N(CC1CC1)CC1CCCN1. The molecule has 0 aromatic rings. The van der Waals surface area contributed by atoms with Crippen LogP contribution in [0.15, 0.2) is 0 Å². The summed E-state index contributed by atoms with van der Waals surface area (Å²) < 4.78 is 0. The van der Waals surface area contributed by atoms with Crippen LogP contribution >= 0.6 is 0 Å². The molecule has 0 aromatic heterocycles. The Hall–Kier alpha value is -1.14. The van der Waals surface area contributed by atoms with Gasteiger partial charge in [0.15, 0.2) is 0 Å². The number of carbonyl (C=O) groups excluding carboxylic acids is 2. The van der Waals surface area contributed by atoms with Gasteiger partial charge in [-0.2, -0.15) is 0 Å². The summed E-state index contributed by atoms with van der Waals surface area (Å²) in [6, 6.07) is -0.230. The second kappa shape index (κ2) is 7.04. The first-order chi connectivity index (χ1) is 9.60. The average Bonchev–Trinajstić information content (AvgIpc) is 3.10. The molecule has 2 atom stereocenters. The maximum Gasteiger partial charge on any atom is 0.321 e. The van der Waals surface area contributed by atoms with Crippen molar-refractivity contribution in [2.45, 2.75) is 44.7 Å². The van der Waals surface area contributed by atoms with Gasteiger partial charge < -0.3 is 10.6 Å². The number of hydrogen-bond donors (Lipinski definition) is 3. The maximum absolute atomic E-state index is 12.1. The van der Waals surface area contributed by atoms with Gasteiger partial charge in [0.25, 0.3) is 0 Å². The first kappa shape index (κ1) is 15.3. The third-order valence-electron chi connectivity index (χ3n) is 4.20. The molecule has 0 spiro atoms. The first-order valence-corrected chi connectivity index (χ1v) is 7.60. The topological polar surface area (TPSA) is 73.5 Å². The third-order valence-corrected chi connectivity index (χ3v) is 4.20. The van der Waals surface area contributed by atoms with E-state index >= 15 is 0 Å². The van der Waals surface area contributed by atoms with Gasteiger partial charge in [-0.1, -0.05) is 0 Å². The number of nitrogens with zero attached hydrogens (tertiary/aromatic N) is 1. The highest BCUT2D eigenvalue weighted by Crippen LogP contribution is 2.30. The summed E-state index contributed by atoms with van der Waals surface area (Å²) in [5.74, 6) is 0.509. The predicted octanol–water partition coefficient (Wildman–Crippen LogP) is 0.295. The van der Waals surface area contributed by atoms with Crippen LogP contribution in [0.2, 0.25) is 0 Å². The number of rotatable bonds is 6. The van der Waals surface area contributed by atoms with Crippen LogP contribution in [0.1, 0.15) is 32.6 Å². The van der Waals surface area contributed by atoms with Crippen LogP contribution in [0, 0.1) is 5.92 Å². The van der Waals surface area contributed by atoms with E-state index in [1.807, 2.05) is 6.92 Å². The number of carbonyl (C=O) groups is 2. The molecule has 1 aliphatic carbocycles. The van der Waals surface area contributed by atoms with Crippen molar-refractivity contribution in [2.24, 2.45) is 5.92 Å². The van der Waals surface area contributed by atoms with Crippen molar-refractivity contribution < 1.29 is 9.59 Å². The smallest absolute Gasteiger partial charge is 0.321 e. The Morgan fingerprint density at radius 3 is 2.60 bits per heavy atom. The molecule has 3 amide bonds. The lowest BCUT2D eigenvalue weighted by molar-refractivity contribution is -0.125. The van der Waals surface area contributed by atoms with Crippen molar-refractivity contribution in [3.05, 3.63) is 0 Å². The monoisotopic (exact) mass is 282 g/mol. The molecule has 0 bridgehead atoms. The summed E-state index contributed by atoms with van der Waals surface area (Å²) in [6.07, 6.45) is 4.91. The Labute approximate surface area is 120 Å². The Balaban J connectivity index is 1.89. The molecule has 20 heavy (non-hydrogen) atoms. The molecule has 114 valence electrons. The molecular weight excluding hydrogens is 256 g/mol. The Bertz CT molecular complexity index is 351. The minimum atomic E-state index is -0.438. The van der Waals surface area contributed by atoms with E-state index < -0.39 is 6.03 Å². The highest BCUT2D eigenvalue weighted by atomic mass is 16.2. The summed E-state index contributed by atoms with van der Waals surface area (Å²) in [7, 11) is 1.51. The van der Waals surface area contributed by atoms with Crippen molar-refractivity contribution in [3.8, 4) is 0 Å². The fraction of sp³-hybridized carbons (Fsp3) is 0.857. The zero-order chi connectivity index (χ0) is 14.5. The van der Waals surface area contributed by atoms with E-state index in [0.29, 0.717) is 6.04 Å². The fourth-order valence-electron chi connectivity index (χ4n) is 2.66. The Kier molecular flexibility index (Phi) is 5.37.